The minimum absolute atomic E-state index is 0.00417. The summed E-state index contributed by atoms with van der Waals surface area (Å²) in [5.41, 5.74) is 2.27. The van der Waals surface area contributed by atoms with Crippen LogP contribution in [-0.2, 0) is 26.2 Å². The van der Waals surface area contributed by atoms with E-state index in [1.165, 1.54) is 31.2 Å². The number of hydrogen-bond donors (Lipinski definition) is 1. The number of anilines is 1. The molecule has 3 aromatic carbocycles. The third-order valence-corrected chi connectivity index (χ3v) is 8.78. The Kier molecular flexibility index (Phi) is 9.88. The Hall–Kier alpha value is -3.27. The van der Waals surface area contributed by atoms with Crippen molar-refractivity contribution in [1.82, 2.24) is 10.2 Å². The maximum Gasteiger partial charge on any atom is 0.264 e. The Bertz CT molecular complexity index is 1440. The van der Waals surface area contributed by atoms with Crippen LogP contribution >= 0.6 is 23.2 Å². The Morgan fingerprint density at radius 1 is 0.974 bits per heavy atom. The van der Waals surface area contributed by atoms with Crippen LogP contribution in [0.4, 0.5) is 5.69 Å². The summed E-state index contributed by atoms with van der Waals surface area (Å²) in [6.07, 6.45) is 0. The van der Waals surface area contributed by atoms with E-state index in [2.05, 4.69) is 5.32 Å². The molecule has 0 bridgehead atoms. The molecule has 0 unspecified atom stereocenters. The maximum atomic E-state index is 14.0. The van der Waals surface area contributed by atoms with Crippen LogP contribution in [0.5, 0.6) is 5.75 Å². The molecule has 0 saturated heterocycles. The van der Waals surface area contributed by atoms with Gasteiger partial charge in [0.25, 0.3) is 10.0 Å². The van der Waals surface area contributed by atoms with Gasteiger partial charge in [-0.2, -0.15) is 0 Å². The Morgan fingerprint density at radius 2 is 1.56 bits per heavy atom. The number of ether oxygens (including phenoxy) is 1. The molecule has 0 heterocycles. The molecular weight excluding hydrogens is 561 g/mol. The van der Waals surface area contributed by atoms with E-state index >= 15 is 0 Å². The number of likely N-dealkylation sites (N-methyl/N-ethyl adjacent to an activating group) is 1. The summed E-state index contributed by atoms with van der Waals surface area (Å²) in [6.45, 7) is 4.47. The lowest BCUT2D eigenvalue weighted by Gasteiger charge is -2.32. The highest BCUT2D eigenvalue weighted by Crippen LogP contribution is 2.34. The van der Waals surface area contributed by atoms with Gasteiger partial charge in [0, 0.05) is 29.2 Å². The monoisotopic (exact) mass is 591 g/mol. The van der Waals surface area contributed by atoms with Crippen LogP contribution in [0.3, 0.4) is 0 Å². The molecule has 1 atom stereocenters. The predicted octanol–water partition coefficient (Wildman–Crippen LogP) is 4.98. The highest BCUT2D eigenvalue weighted by molar-refractivity contribution is 7.92. The molecule has 0 saturated carbocycles. The third-order valence-electron chi connectivity index (χ3n) is 6.29. The summed E-state index contributed by atoms with van der Waals surface area (Å²) in [6, 6.07) is 15.3. The first-order valence-corrected chi connectivity index (χ1v) is 14.3. The van der Waals surface area contributed by atoms with Gasteiger partial charge in [-0.15, -0.1) is 0 Å². The number of carbonyl (C=O) groups excluding carboxylic acids is 2. The number of nitrogens with zero attached hydrogens (tertiary/aromatic N) is 2. The number of methoxy groups -OCH3 is 1. The first kappa shape index (κ1) is 30.3. The summed E-state index contributed by atoms with van der Waals surface area (Å²) < 4.78 is 34.4. The molecule has 11 heteroatoms. The Balaban J connectivity index is 2.14. The molecule has 0 aromatic heterocycles. The first-order valence-electron chi connectivity index (χ1n) is 12.1. The zero-order valence-corrected chi connectivity index (χ0v) is 24.7. The zero-order chi connectivity index (χ0) is 28.9. The molecule has 0 aliphatic rings. The molecule has 0 radical (unpaired) electrons. The summed E-state index contributed by atoms with van der Waals surface area (Å²) in [5, 5.41) is 3.16. The zero-order valence-electron chi connectivity index (χ0n) is 22.4. The van der Waals surface area contributed by atoms with Crippen molar-refractivity contribution in [1.29, 1.82) is 0 Å². The van der Waals surface area contributed by atoms with Gasteiger partial charge in [-0.25, -0.2) is 8.42 Å². The van der Waals surface area contributed by atoms with Crippen molar-refractivity contribution in [3.63, 3.8) is 0 Å². The number of aryl methyl sites for hydroxylation is 2. The number of hydrogen-bond acceptors (Lipinski definition) is 5. The molecule has 8 nitrogen and oxygen atoms in total. The van der Waals surface area contributed by atoms with Crippen LogP contribution < -0.4 is 14.4 Å². The number of carbonyl (C=O) groups is 2. The predicted molar refractivity (Wildman–Crippen MR) is 154 cm³/mol. The van der Waals surface area contributed by atoms with Crippen LogP contribution in [-0.4, -0.2) is 51.9 Å². The fourth-order valence-electron chi connectivity index (χ4n) is 3.99. The lowest BCUT2D eigenvalue weighted by molar-refractivity contribution is -0.139. The molecule has 208 valence electrons. The summed E-state index contributed by atoms with van der Waals surface area (Å²) in [5.74, 6) is -0.807. The number of halogens is 2. The van der Waals surface area contributed by atoms with E-state index in [4.69, 9.17) is 27.9 Å². The molecule has 39 heavy (non-hydrogen) atoms. The fraction of sp³-hybridized carbons (Fsp3) is 0.286. The quantitative estimate of drug-likeness (QED) is 0.359. The van der Waals surface area contributed by atoms with Gasteiger partial charge in [0.15, 0.2) is 0 Å². The third kappa shape index (κ3) is 6.84. The first-order chi connectivity index (χ1) is 18.4. The van der Waals surface area contributed by atoms with Crippen molar-refractivity contribution >= 4 is 50.7 Å². The highest BCUT2D eigenvalue weighted by Gasteiger charge is 2.34. The van der Waals surface area contributed by atoms with Gasteiger partial charge in [0.05, 0.1) is 17.7 Å². The molecule has 2 amide bonds. The van der Waals surface area contributed by atoms with Crippen LogP contribution in [0.1, 0.15) is 23.6 Å². The smallest absolute Gasteiger partial charge is 0.264 e. The second kappa shape index (κ2) is 12.7. The van der Waals surface area contributed by atoms with Gasteiger partial charge in [-0.3, -0.25) is 13.9 Å². The SMILES string of the molecule is CNC(=O)[C@H](C)N(Cc1c(Cl)cccc1Cl)C(=O)CN(c1cc(C)ccc1OC)S(=O)(=O)c1ccc(C)cc1. The minimum atomic E-state index is -4.24. The van der Waals surface area contributed by atoms with Crippen LogP contribution in [0, 0.1) is 13.8 Å². The van der Waals surface area contributed by atoms with E-state index in [1.807, 2.05) is 6.92 Å². The lowest BCUT2D eigenvalue weighted by atomic mass is 10.1. The van der Waals surface area contributed by atoms with Gasteiger partial charge in [-0.1, -0.05) is 53.0 Å². The van der Waals surface area contributed by atoms with Gasteiger partial charge >= 0.3 is 0 Å². The van der Waals surface area contributed by atoms with Gasteiger partial charge < -0.3 is 15.0 Å². The number of amides is 2. The van der Waals surface area contributed by atoms with Gasteiger partial charge in [0.2, 0.25) is 11.8 Å². The molecule has 0 fully saturated rings. The van der Waals surface area contributed by atoms with Crippen LogP contribution in [0.25, 0.3) is 0 Å². The van der Waals surface area contributed by atoms with Crippen molar-refractivity contribution in [2.24, 2.45) is 0 Å². The molecule has 3 rings (SSSR count). The Labute approximate surface area is 239 Å². The van der Waals surface area contributed by atoms with Crippen LogP contribution in [0.2, 0.25) is 10.0 Å². The number of nitrogens with one attached hydrogen (secondary N) is 1. The molecule has 0 aliphatic heterocycles. The van der Waals surface area contributed by atoms with E-state index in [9.17, 15) is 18.0 Å². The van der Waals surface area contributed by atoms with E-state index in [-0.39, 0.29) is 22.9 Å². The topological polar surface area (TPSA) is 96.0 Å². The standard InChI is InChI=1S/C28H31Cl2N3O5S/c1-18-9-12-21(13-10-18)39(36,37)33(25-15-19(2)11-14-26(25)38-5)17-27(34)32(20(3)28(35)31-4)16-22-23(29)7-6-8-24(22)30/h6-15,20H,16-17H2,1-5H3,(H,31,35)/t20-/m0/s1. The van der Waals surface area contributed by atoms with E-state index < -0.39 is 34.4 Å². The van der Waals surface area contributed by atoms with E-state index in [0.29, 0.717) is 15.6 Å². The van der Waals surface area contributed by atoms with Crippen molar-refractivity contribution in [3.05, 3.63) is 87.4 Å². The average molecular weight is 593 g/mol. The summed E-state index contributed by atoms with van der Waals surface area (Å²) >= 11 is 12.7. The highest BCUT2D eigenvalue weighted by atomic mass is 35.5. The number of benzene rings is 3. The van der Waals surface area contributed by atoms with Gasteiger partial charge in [-0.05, 0) is 62.7 Å². The van der Waals surface area contributed by atoms with E-state index in [0.717, 1.165) is 15.4 Å². The summed E-state index contributed by atoms with van der Waals surface area (Å²) in [4.78, 5) is 27.9. The number of rotatable bonds is 10. The maximum absolute atomic E-state index is 14.0. The largest absolute Gasteiger partial charge is 0.495 e. The molecule has 0 aliphatic carbocycles. The normalized spacial score (nSPS) is 12.0. The number of sulfonamides is 1. The van der Waals surface area contributed by atoms with Crippen molar-refractivity contribution in [3.8, 4) is 5.75 Å². The fourth-order valence-corrected chi connectivity index (χ4v) is 5.92. The molecule has 1 N–H and O–H groups in total. The van der Waals surface area contributed by atoms with Crippen molar-refractivity contribution in [2.45, 2.75) is 38.3 Å². The lowest BCUT2D eigenvalue weighted by Crippen LogP contribution is -2.50. The van der Waals surface area contributed by atoms with Crippen LogP contribution in [0.15, 0.2) is 65.6 Å². The van der Waals surface area contributed by atoms with Crippen molar-refractivity contribution in [2.75, 3.05) is 25.0 Å². The van der Waals surface area contributed by atoms with Crippen molar-refractivity contribution < 1.29 is 22.7 Å². The minimum Gasteiger partial charge on any atom is -0.495 e. The molecule has 0 spiro atoms. The summed E-state index contributed by atoms with van der Waals surface area (Å²) in [7, 11) is -1.36. The molecular formula is C28H31Cl2N3O5S. The average Bonchev–Trinajstić information content (AvgIpc) is 2.90. The Morgan fingerprint density at radius 3 is 2.13 bits per heavy atom. The van der Waals surface area contributed by atoms with Gasteiger partial charge in [0.1, 0.15) is 18.3 Å². The van der Waals surface area contributed by atoms with E-state index in [1.54, 1.807) is 62.4 Å². The second-order valence-electron chi connectivity index (χ2n) is 9.01. The molecule has 3 aromatic rings. The second-order valence-corrected chi connectivity index (χ2v) is 11.7.